The van der Waals surface area contributed by atoms with Crippen molar-refractivity contribution in [1.82, 2.24) is 0 Å². The lowest BCUT2D eigenvalue weighted by Gasteiger charge is -2.12. The largest absolute Gasteiger partial charge is 0.463 e. The summed E-state index contributed by atoms with van der Waals surface area (Å²) in [5, 5.41) is 0. The molecule has 160 valence electrons. The second-order valence-corrected chi connectivity index (χ2v) is 9.00. The molecule has 0 spiro atoms. The fraction of sp³-hybridized carbons (Fsp3) is 0.632. The molecule has 0 heterocycles. The summed E-state index contributed by atoms with van der Waals surface area (Å²) in [5.41, 5.74) is 1.01. The second kappa shape index (κ2) is 13.2. The van der Waals surface area contributed by atoms with Gasteiger partial charge in [-0.1, -0.05) is 32.9 Å². The van der Waals surface area contributed by atoms with E-state index < -0.39 is 10.1 Å². The van der Waals surface area contributed by atoms with Gasteiger partial charge in [-0.25, -0.2) is 0 Å². The van der Waals surface area contributed by atoms with Crippen LogP contribution in [0.5, 0.6) is 0 Å². The number of benzene rings is 1. The molecule has 2 unspecified atom stereocenters. The van der Waals surface area contributed by atoms with Crippen molar-refractivity contribution in [2.45, 2.75) is 38.0 Å². The van der Waals surface area contributed by atoms with E-state index in [2.05, 4.69) is 6.92 Å². The Hall–Kier alpha value is -1.13. The SMILES string of the molecule is CCC(C)C(=O)OCCOCOCCSCC(C)c1ccc(S(=O)(=O)O)cc1. The van der Waals surface area contributed by atoms with E-state index in [4.69, 9.17) is 18.8 Å². The summed E-state index contributed by atoms with van der Waals surface area (Å²) in [7, 11) is -4.15. The van der Waals surface area contributed by atoms with Gasteiger partial charge in [0.1, 0.15) is 13.4 Å². The average Bonchev–Trinajstić information content (AvgIpc) is 2.67. The predicted molar refractivity (Wildman–Crippen MR) is 109 cm³/mol. The molecule has 0 radical (unpaired) electrons. The van der Waals surface area contributed by atoms with Crippen LogP contribution >= 0.6 is 11.8 Å². The van der Waals surface area contributed by atoms with Crippen LogP contribution in [0.25, 0.3) is 0 Å². The lowest BCUT2D eigenvalue weighted by molar-refractivity contribution is -0.151. The van der Waals surface area contributed by atoms with E-state index in [1.54, 1.807) is 23.9 Å². The third-order valence-electron chi connectivity index (χ3n) is 4.14. The standard InChI is InChI=1S/C19H30O7S2/c1-4-15(2)19(20)26-10-9-24-14-25-11-12-27-13-16(3)17-5-7-18(8-6-17)28(21,22)23/h5-8,15-16H,4,9-14H2,1-3H3,(H,21,22,23). The molecular weight excluding hydrogens is 404 g/mol. The predicted octanol–water partition coefficient (Wildman–Crippen LogP) is 3.35. The Kier molecular flexibility index (Phi) is 11.7. The van der Waals surface area contributed by atoms with Crippen molar-refractivity contribution in [1.29, 1.82) is 0 Å². The van der Waals surface area contributed by atoms with Gasteiger partial charge in [-0.3, -0.25) is 9.35 Å². The van der Waals surface area contributed by atoms with Gasteiger partial charge in [-0.2, -0.15) is 20.2 Å². The Morgan fingerprint density at radius 3 is 2.36 bits per heavy atom. The van der Waals surface area contributed by atoms with E-state index in [1.165, 1.54) is 12.1 Å². The first kappa shape index (κ1) is 24.9. The molecule has 28 heavy (non-hydrogen) atoms. The Labute approximate surface area is 171 Å². The highest BCUT2D eigenvalue weighted by Crippen LogP contribution is 2.21. The smallest absolute Gasteiger partial charge is 0.308 e. The van der Waals surface area contributed by atoms with Crippen LogP contribution in [0, 0.1) is 5.92 Å². The quantitative estimate of drug-likeness (QED) is 0.206. The molecule has 0 aromatic heterocycles. The van der Waals surface area contributed by atoms with Gasteiger partial charge in [-0.05, 0) is 35.8 Å². The van der Waals surface area contributed by atoms with Gasteiger partial charge in [0.05, 0.1) is 24.0 Å². The molecule has 1 N–H and O–H groups in total. The fourth-order valence-electron chi connectivity index (χ4n) is 2.13. The van der Waals surface area contributed by atoms with Crippen LogP contribution in [0.3, 0.4) is 0 Å². The zero-order chi connectivity index (χ0) is 21.0. The number of hydrogen-bond acceptors (Lipinski definition) is 7. The molecule has 0 aliphatic rings. The number of hydrogen-bond donors (Lipinski definition) is 1. The highest BCUT2D eigenvalue weighted by Gasteiger charge is 2.12. The molecule has 1 rings (SSSR count). The molecule has 9 heteroatoms. The molecule has 0 aliphatic carbocycles. The van der Waals surface area contributed by atoms with Crippen LogP contribution in [0.4, 0.5) is 0 Å². The number of carbonyl (C=O) groups is 1. The summed E-state index contributed by atoms with van der Waals surface area (Å²) < 4.78 is 46.8. The van der Waals surface area contributed by atoms with Crippen molar-refractivity contribution >= 4 is 27.8 Å². The van der Waals surface area contributed by atoms with Crippen molar-refractivity contribution in [3.8, 4) is 0 Å². The zero-order valence-electron chi connectivity index (χ0n) is 16.6. The molecule has 0 aliphatic heterocycles. The van der Waals surface area contributed by atoms with Crippen LogP contribution in [0.2, 0.25) is 0 Å². The molecular formula is C19H30O7S2. The fourth-order valence-corrected chi connectivity index (χ4v) is 3.56. The number of ether oxygens (including phenoxy) is 3. The summed E-state index contributed by atoms with van der Waals surface area (Å²) >= 11 is 1.73. The van der Waals surface area contributed by atoms with Crippen molar-refractivity contribution in [3.05, 3.63) is 29.8 Å². The molecule has 0 amide bonds. The Morgan fingerprint density at radius 1 is 1.11 bits per heavy atom. The van der Waals surface area contributed by atoms with Gasteiger partial charge < -0.3 is 14.2 Å². The Balaban J connectivity index is 2.06. The van der Waals surface area contributed by atoms with E-state index in [-0.39, 0.29) is 36.1 Å². The van der Waals surface area contributed by atoms with Crippen molar-refractivity contribution in [2.75, 3.05) is 38.1 Å². The van der Waals surface area contributed by atoms with E-state index in [0.29, 0.717) is 13.2 Å². The van der Waals surface area contributed by atoms with Gasteiger partial charge in [0.2, 0.25) is 0 Å². The molecule has 1 aromatic carbocycles. The lowest BCUT2D eigenvalue weighted by Crippen LogP contribution is -2.17. The van der Waals surface area contributed by atoms with Crippen LogP contribution in [0.15, 0.2) is 29.2 Å². The molecule has 1 aromatic rings. The Bertz CT molecular complexity index is 674. The molecule has 2 atom stereocenters. The molecule has 0 fully saturated rings. The third kappa shape index (κ3) is 9.88. The van der Waals surface area contributed by atoms with Gasteiger partial charge in [0, 0.05) is 5.75 Å². The molecule has 0 bridgehead atoms. The first-order valence-electron chi connectivity index (χ1n) is 9.23. The third-order valence-corrected chi connectivity index (χ3v) is 6.20. The summed E-state index contributed by atoms with van der Waals surface area (Å²) in [6.45, 7) is 7.08. The summed E-state index contributed by atoms with van der Waals surface area (Å²) in [6, 6.07) is 6.25. The van der Waals surface area contributed by atoms with Crippen LogP contribution in [-0.4, -0.2) is 57.1 Å². The summed E-state index contributed by atoms with van der Waals surface area (Å²) in [4.78, 5) is 11.4. The number of esters is 1. The van der Waals surface area contributed by atoms with E-state index >= 15 is 0 Å². The monoisotopic (exact) mass is 434 g/mol. The van der Waals surface area contributed by atoms with Crippen molar-refractivity contribution < 1.29 is 32.0 Å². The highest BCUT2D eigenvalue weighted by atomic mass is 32.2. The molecule has 0 saturated heterocycles. The Morgan fingerprint density at radius 2 is 1.75 bits per heavy atom. The van der Waals surface area contributed by atoms with Crippen molar-refractivity contribution in [3.63, 3.8) is 0 Å². The second-order valence-electron chi connectivity index (χ2n) is 6.43. The zero-order valence-corrected chi connectivity index (χ0v) is 18.3. The first-order valence-corrected chi connectivity index (χ1v) is 11.8. The normalized spacial score (nSPS) is 13.9. The number of carbonyl (C=O) groups excluding carboxylic acids is 1. The van der Waals surface area contributed by atoms with Crippen LogP contribution in [-0.2, 0) is 29.1 Å². The van der Waals surface area contributed by atoms with Crippen LogP contribution < -0.4 is 0 Å². The summed E-state index contributed by atoms with van der Waals surface area (Å²) in [6.07, 6.45) is 0.759. The molecule has 7 nitrogen and oxygen atoms in total. The van der Waals surface area contributed by atoms with E-state index in [0.717, 1.165) is 23.5 Å². The van der Waals surface area contributed by atoms with Crippen LogP contribution in [0.1, 0.15) is 38.7 Å². The average molecular weight is 435 g/mol. The maximum absolute atomic E-state index is 11.4. The van der Waals surface area contributed by atoms with E-state index in [9.17, 15) is 13.2 Å². The maximum Gasteiger partial charge on any atom is 0.308 e. The number of rotatable bonds is 14. The number of thioether (sulfide) groups is 1. The summed E-state index contributed by atoms with van der Waals surface area (Å²) in [5.74, 6) is 1.62. The minimum absolute atomic E-state index is 0.0867. The first-order chi connectivity index (χ1) is 13.3. The topological polar surface area (TPSA) is 99.1 Å². The minimum Gasteiger partial charge on any atom is -0.463 e. The molecule has 0 saturated carbocycles. The van der Waals surface area contributed by atoms with Gasteiger partial charge in [0.15, 0.2) is 0 Å². The maximum atomic E-state index is 11.4. The van der Waals surface area contributed by atoms with Gasteiger partial charge in [0.25, 0.3) is 10.1 Å². The lowest BCUT2D eigenvalue weighted by atomic mass is 10.0. The van der Waals surface area contributed by atoms with Crippen molar-refractivity contribution in [2.24, 2.45) is 5.92 Å². The van der Waals surface area contributed by atoms with E-state index in [1.807, 2.05) is 13.8 Å². The highest BCUT2D eigenvalue weighted by molar-refractivity contribution is 7.99. The van der Waals surface area contributed by atoms with Gasteiger partial charge in [-0.15, -0.1) is 0 Å². The van der Waals surface area contributed by atoms with Gasteiger partial charge >= 0.3 is 5.97 Å². The minimum atomic E-state index is -4.15.